The minimum absolute atomic E-state index is 0.269. The van der Waals surface area contributed by atoms with E-state index in [1.54, 1.807) is 0 Å². The molecule has 0 amide bonds. The van der Waals surface area contributed by atoms with Crippen molar-refractivity contribution in [1.29, 1.82) is 0 Å². The normalized spacial score (nSPS) is 16.4. The molecule has 1 saturated heterocycles. The van der Waals surface area contributed by atoms with Gasteiger partial charge in [0.05, 0.1) is 6.10 Å². The van der Waals surface area contributed by atoms with E-state index in [2.05, 4.69) is 42.7 Å². The molecular formula is C23H33ClN4O. The number of hydrogen-bond acceptors (Lipinski definition) is 5. The predicted molar refractivity (Wildman–Crippen MR) is 120 cm³/mol. The van der Waals surface area contributed by atoms with Gasteiger partial charge in [0, 0.05) is 55.4 Å². The van der Waals surface area contributed by atoms with E-state index < -0.39 is 0 Å². The molecule has 1 aliphatic heterocycles. The molecule has 1 N–H and O–H groups in total. The molecule has 0 aliphatic carbocycles. The minimum Gasteiger partial charge on any atom is -0.392 e. The van der Waals surface area contributed by atoms with Crippen LogP contribution in [0.3, 0.4) is 0 Å². The number of rotatable bonds is 7. The smallest absolute Gasteiger partial charge is 0.136 e. The van der Waals surface area contributed by atoms with Crippen molar-refractivity contribution in [3.63, 3.8) is 0 Å². The van der Waals surface area contributed by atoms with Gasteiger partial charge in [-0.05, 0) is 37.0 Å². The largest absolute Gasteiger partial charge is 0.392 e. The monoisotopic (exact) mass is 416 g/mol. The molecule has 1 aromatic carbocycles. The summed E-state index contributed by atoms with van der Waals surface area (Å²) in [5.41, 5.74) is 3.56. The van der Waals surface area contributed by atoms with Gasteiger partial charge in [-0.25, -0.2) is 9.97 Å². The molecule has 2 aromatic rings. The number of aromatic nitrogens is 2. The molecule has 29 heavy (non-hydrogen) atoms. The first-order chi connectivity index (χ1) is 13.9. The van der Waals surface area contributed by atoms with Crippen molar-refractivity contribution >= 4 is 17.4 Å². The van der Waals surface area contributed by atoms with E-state index in [1.807, 2.05) is 19.1 Å². The first kappa shape index (κ1) is 22.0. The van der Waals surface area contributed by atoms with E-state index in [9.17, 15) is 5.11 Å². The molecule has 1 aliphatic rings. The third-order valence-electron chi connectivity index (χ3n) is 5.70. The molecule has 0 saturated carbocycles. The van der Waals surface area contributed by atoms with Gasteiger partial charge < -0.3 is 10.0 Å². The van der Waals surface area contributed by atoms with Gasteiger partial charge >= 0.3 is 0 Å². The van der Waals surface area contributed by atoms with Crippen LogP contribution in [0, 0.1) is 12.8 Å². The second-order valence-electron chi connectivity index (χ2n) is 8.28. The molecule has 2 heterocycles. The zero-order valence-electron chi connectivity index (χ0n) is 18.0. The van der Waals surface area contributed by atoms with Crippen LogP contribution < -0.4 is 4.90 Å². The summed E-state index contributed by atoms with van der Waals surface area (Å²) in [5.74, 6) is 2.18. The van der Waals surface area contributed by atoms with Crippen LogP contribution >= 0.6 is 11.6 Å². The van der Waals surface area contributed by atoms with Crippen LogP contribution in [0.4, 0.5) is 5.82 Å². The standard InChI is InChI=1S/C23H33ClN4O/c1-5-21-20(14-18-6-8-19(24)9-7-18)23(26-17(4)25-21)28-12-10-27(11-13-28)15-22(29)16(2)3/h6-9,16,22,29H,5,10-15H2,1-4H3. The minimum atomic E-state index is -0.269. The fourth-order valence-corrected chi connectivity index (χ4v) is 3.92. The zero-order valence-corrected chi connectivity index (χ0v) is 18.8. The van der Waals surface area contributed by atoms with Gasteiger partial charge in [0.2, 0.25) is 0 Å². The van der Waals surface area contributed by atoms with Crippen LogP contribution in [0.2, 0.25) is 5.02 Å². The number of halogens is 1. The molecule has 5 nitrogen and oxygen atoms in total. The molecule has 3 rings (SSSR count). The van der Waals surface area contributed by atoms with E-state index in [0.29, 0.717) is 0 Å². The molecule has 1 unspecified atom stereocenters. The Kier molecular flexibility index (Phi) is 7.49. The average molecular weight is 417 g/mol. The summed E-state index contributed by atoms with van der Waals surface area (Å²) in [6.45, 7) is 12.7. The Bertz CT molecular complexity index is 801. The summed E-state index contributed by atoms with van der Waals surface area (Å²) in [4.78, 5) is 14.3. The molecule has 0 radical (unpaired) electrons. The maximum atomic E-state index is 10.2. The fourth-order valence-electron chi connectivity index (χ4n) is 3.80. The Labute approximate surface area is 179 Å². The van der Waals surface area contributed by atoms with Gasteiger partial charge in [0.25, 0.3) is 0 Å². The van der Waals surface area contributed by atoms with Gasteiger partial charge in [0.15, 0.2) is 0 Å². The maximum Gasteiger partial charge on any atom is 0.136 e. The average Bonchev–Trinajstić information content (AvgIpc) is 2.71. The lowest BCUT2D eigenvalue weighted by molar-refractivity contribution is 0.0738. The van der Waals surface area contributed by atoms with Crippen LogP contribution in [0.15, 0.2) is 24.3 Å². The van der Waals surface area contributed by atoms with E-state index in [4.69, 9.17) is 21.6 Å². The Morgan fingerprint density at radius 3 is 2.31 bits per heavy atom. The van der Waals surface area contributed by atoms with E-state index in [0.717, 1.165) is 67.9 Å². The van der Waals surface area contributed by atoms with Crippen molar-refractivity contribution in [3.05, 3.63) is 51.9 Å². The van der Waals surface area contributed by atoms with Gasteiger partial charge in [-0.3, -0.25) is 4.90 Å². The van der Waals surface area contributed by atoms with Crippen molar-refractivity contribution in [2.24, 2.45) is 5.92 Å². The van der Waals surface area contributed by atoms with Crippen molar-refractivity contribution < 1.29 is 5.11 Å². The number of anilines is 1. The lowest BCUT2D eigenvalue weighted by Gasteiger charge is -2.37. The molecular weight excluding hydrogens is 384 g/mol. The maximum absolute atomic E-state index is 10.2. The lowest BCUT2D eigenvalue weighted by atomic mass is 10.0. The van der Waals surface area contributed by atoms with E-state index in [-0.39, 0.29) is 12.0 Å². The number of aliphatic hydroxyl groups excluding tert-OH is 1. The fraction of sp³-hybridized carbons (Fsp3) is 0.565. The molecule has 0 spiro atoms. The number of nitrogens with zero attached hydrogens (tertiary/aromatic N) is 4. The number of β-amino-alcohol motifs (C(OH)–C–C–N with tert-alkyl or cyclic N) is 1. The summed E-state index contributed by atoms with van der Waals surface area (Å²) in [5, 5.41) is 11.0. The van der Waals surface area contributed by atoms with E-state index >= 15 is 0 Å². The highest BCUT2D eigenvalue weighted by Crippen LogP contribution is 2.26. The molecule has 1 fully saturated rings. The number of aliphatic hydroxyl groups is 1. The van der Waals surface area contributed by atoms with Gasteiger partial charge in [-0.1, -0.05) is 44.5 Å². The Balaban J connectivity index is 1.80. The van der Waals surface area contributed by atoms with Crippen molar-refractivity contribution in [3.8, 4) is 0 Å². The summed E-state index contributed by atoms with van der Waals surface area (Å²) in [6, 6.07) is 8.04. The zero-order chi connectivity index (χ0) is 21.0. The molecule has 6 heteroatoms. The lowest BCUT2D eigenvalue weighted by Crippen LogP contribution is -2.49. The SMILES string of the molecule is CCc1nc(C)nc(N2CCN(CC(O)C(C)C)CC2)c1Cc1ccc(Cl)cc1. The van der Waals surface area contributed by atoms with Crippen LogP contribution in [0.5, 0.6) is 0 Å². The van der Waals surface area contributed by atoms with Crippen LogP contribution in [-0.2, 0) is 12.8 Å². The summed E-state index contributed by atoms with van der Waals surface area (Å²) < 4.78 is 0. The predicted octanol–water partition coefficient (Wildman–Crippen LogP) is 3.73. The number of aryl methyl sites for hydroxylation is 2. The summed E-state index contributed by atoms with van der Waals surface area (Å²) >= 11 is 6.06. The Morgan fingerprint density at radius 2 is 1.72 bits per heavy atom. The topological polar surface area (TPSA) is 52.5 Å². The summed E-state index contributed by atoms with van der Waals surface area (Å²) in [7, 11) is 0. The van der Waals surface area contributed by atoms with E-state index in [1.165, 1.54) is 11.1 Å². The Hall–Kier alpha value is -1.69. The third-order valence-corrected chi connectivity index (χ3v) is 5.95. The van der Waals surface area contributed by atoms with Crippen molar-refractivity contribution in [2.45, 2.75) is 46.6 Å². The highest BCUT2D eigenvalue weighted by molar-refractivity contribution is 6.30. The second-order valence-corrected chi connectivity index (χ2v) is 8.71. The number of piperazine rings is 1. The molecule has 158 valence electrons. The molecule has 1 aromatic heterocycles. The number of benzene rings is 1. The van der Waals surface area contributed by atoms with Crippen molar-refractivity contribution in [1.82, 2.24) is 14.9 Å². The molecule has 1 atom stereocenters. The third kappa shape index (κ3) is 5.68. The summed E-state index contributed by atoms with van der Waals surface area (Å²) in [6.07, 6.45) is 1.43. The first-order valence-corrected chi connectivity index (χ1v) is 11.0. The second kappa shape index (κ2) is 9.88. The van der Waals surface area contributed by atoms with Crippen LogP contribution in [0.25, 0.3) is 0 Å². The van der Waals surface area contributed by atoms with Crippen LogP contribution in [-0.4, -0.2) is 58.8 Å². The quantitative estimate of drug-likeness (QED) is 0.745. The highest BCUT2D eigenvalue weighted by Gasteiger charge is 2.24. The number of hydrogen-bond donors (Lipinski definition) is 1. The highest BCUT2D eigenvalue weighted by atomic mass is 35.5. The Morgan fingerprint density at radius 1 is 1.07 bits per heavy atom. The van der Waals surface area contributed by atoms with Gasteiger partial charge in [-0.15, -0.1) is 0 Å². The van der Waals surface area contributed by atoms with Gasteiger partial charge in [-0.2, -0.15) is 0 Å². The van der Waals surface area contributed by atoms with Crippen molar-refractivity contribution in [2.75, 3.05) is 37.6 Å². The first-order valence-electron chi connectivity index (χ1n) is 10.6. The molecule has 0 bridgehead atoms. The van der Waals surface area contributed by atoms with Crippen LogP contribution in [0.1, 0.15) is 43.4 Å². The van der Waals surface area contributed by atoms with Gasteiger partial charge in [0.1, 0.15) is 11.6 Å².